The van der Waals surface area contributed by atoms with E-state index in [9.17, 15) is 0 Å². The van der Waals surface area contributed by atoms with Crippen LogP contribution in [0.3, 0.4) is 0 Å². The molecule has 0 amide bonds. The van der Waals surface area contributed by atoms with Crippen LogP contribution >= 0.6 is 0 Å². The summed E-state index contributed by atoms with van der Waals surface area (Å²) in [7, 11) is 0. The fourth-order valence-corrected chi connectivity index (χ4v) is 2.44. The average Bonchev–Trinajstić information content (AvgIpc) is 3.03. The number of pyridine rings is 1. The fourth-order valence-electron chi connectivity index (χ4n) is 2.44. The predicted octanol–water partition coefficient (Wildman–Crippen LogP) is -1.83. The number of aromatic nitrogens is 1. The second kappa shape index (κ2) is 9.19. The van der Waals surface area contributed by atoms with Gasteiger partial charge in [-0.2, -0.15) is 0 Å². The van der Waals surface area contributed by atoms with Gasteiger partial charge in [0, 0.05) is 24.2 Å². The molecule has 0 spiro atoms. The number of rotatable bonds is 4. The zero-order chi connectivity index (χ0) is 12.2. The first-order chi connectivity index (χ1) is 8.90. The smallest absolute Gasteiger partial charge is 1.00 e. The van der Waals surface area contributed by atoms with E-state index in [1.165, 1.54) is 22.5 Å². The second-order valence-corrected chi connectivity index (χ2v) is 4.89. The molecule has 1 aromatic rings. The topological polar surface area (TPSA) is 12.9 Å². The van der Waals surface area contributed by atoms with Crippen LogP contribution in [0.2, 0.25) is 0 Å². The summed E-state index contributed by atoms with van der Waals surface area (Å²) in [6, 6.07) is 6.39. The SMILES string of the molecule is C1=CCC(Cc2cccc(CC3=CC=CC3)n2)=C1.[H-].[H-].[Na+].[Na+]. The van der Waals surface area contributed by atoms with E-state index in [0.717, 1.165) is 25.7 Å². The molecule has 3 heteroatoms. The van der Waals surface area contributed by atoms with Crippen molar-refractivity contribution < 1.29 is 62.0 Å². The molecule has 0 atom stereocenters. The third-order valence-corrected chi connectivity index (χ3v) is 3.38. The molecule has 1 aromatic heterocycles. The maximum Gasteiger partial charge on any atom is 1.00 e. The Hall–Kier alpha value is 0.110. The maximum atomic E-state index is 4.76. The minimum absolute atomic E-state index is 0. The van der Waals surface area contributed by atoms with Crippen LogP contribution in [-0.4, -0.2) is 4.98 Å². The van der Waals surface area contributed by atoms with Gasteiger partial charge in [-0.25, -0.2) is 0 Å². The van der Waals surface area contributed by atoms with Crippen molar-refractivity contribution in [3.63, 3.8) is 0 Å². The van der Waals surface area contributed by atoms with E-state index in [2.05, 4.69) is 54.7 Å². The summed E-state index contributed by atoms with van der Waals surface area (Å²) in [5.41, 5.74) is 5.30. The molecule has 3 rings (SSSR count). The molecule has 0 aliphatic heterocycles. The van der Waals surface area contributed by atoms with Crippen molar-refractivity contribution in [3.8, 4) is 0 Å². The third-order valence-electron chi connectivity index (χ3n) is 3.38. The molecule has 0 bridgehead atoms. The van der Waals surface area contributed by atoms with Crippen molar-refractivity contribution in [2.75, 3.05) is 0 Å². The van der Waals surface area contributed by atoms with Crippen LogP contribution in [0, 0.1) is 0 Å². The standard InChI is InChI=1S/C17H17N.2Na.2H/c1-2-7-14(6-1)12-16-10-5-11-17(18-16)13-15-8-3-4-9-15;;;;/h1-6,8,10-11H,7,9,12-13H2;;;;/q;2*+1;2*-1. The monoisotopic (exact) mass is 283 g/mol. The Balaban J connectivity index is 0. The van der Waals surface area contributed by atoms with Crippen molar-refractivity contribution in [1.82, 2.24) is 4.98 Å². The number of hydrogen-bond acceptors (Lipinski definition) is 1. The minimum Gasteiger partial charge on any atom is -1.00 e. The van der Waals surface area contributed by atoms with Gasteiger partial charge in [0.15, 0.2) is 0 Å². The molecule has 0 saturated carbocycles. The van der Waals surface area contributed by atoms with Crippen molar-refractivity contribution in [1.29, 1.82) is 0 Å². The molecule has 1 nitrogen and oxygen atoms in total. The number of allylic oxidation sites excluding steroid dienone is 8. The van der Waals surface area contributed by atoms with Gasteiger partial charge in [0.05, 0.1) is 0 Å². The van der Waals surface area contributed by atoms with Crippen molar-refractivity contribution >= 4 is 0 Å². The first-order valence-electron chi connectivity index (χ1n) is 6.54. The zero-order valence-corrected chi connectivity index (χ0v) is 16.5. The van der Waals surface area contributed by atoms with Gasteiger partial charge in [0.25, 0.3) is 0 Å². The Morgan fingerprint density at radius 2 is 1.35 bits per heavy atom. The van der Waals surface area contributed by atoms with Crippen molar-refractivity contribution in [2.24, 2.45) is 0 Å². The van der Waals surface area contributed by atoms with E-state index in [0.29, 0.717) is 0 Å². The van der Waals surface area contributed by atoms with Gasteiger partial charge in [-0.15, -0.1) is 0 Å². The molecule has 94 valence electrons. The molecule has 0 fully saturated rings. The molecule has 1 heterocycles. The molecular weight excluding hydrogens is 264 g/mol. The van der Waals surface area contributed by atoms with Gasteiger partial charge in [-0.1, -0.05) is 53.7 Å². The molecule has 2 aliphatic rings. The largest absolute Gasteiger partial charge is 1.00 e. The molecule has 0 N–H and O–H groups in total. The normalized spacial score (nSPS) is 15.4. The van der Waals surface area contributed by atoms with Crippen LogP contribution in [0.5, 0.6) is 0 Å². The average molecular weight is 283 g/mol. The summed E-state index contributed by atoms with van der Waals surface area (Å²) in [5, 5.41) is 0. The molecule has 20 heavy (non-hydrogen) atoms. The molecule has 2 aliphatic carbocycles. The molecule has 0 saturated heterocycles. The quantitative estimate of drug-likeness (QED) is 0.593. The number of hydrogen-bond donors (Lipinski definition) is 0. The van der Waals surface area contributed by atoms with Gasteiger partial charge >= 0.3 is 59.1 Å². The Bertz CT molecular complexity index is 531. The van der Waals surface area contributed by atoms with E-state index in [4.69, 9.17) is 4.98 Å². The van der Waals surface area contributed by atoms with E-state index in [-0.39, 0.29) is 62.0 Å². The van der Waals surface area contributed by atoms with Gasteiger partial charge in [0.2, 0.25) is 0 Å². The summed E-state index contributed by atoms with van der Waals surface area (Å²) in [6.45, 7) is 0. The van der Waals surface area contributed by atoms with Crippen LogP contribution in [0.15, 0.2) is 65.8 Å². The maximum absolute atomic E-state index is 4.76. The number of nitrogens with zero attached hydrogens (tertiary/aromatic N) is 1. The van der Waals surface area contributed by atoms with Crippen LogP contribution in [0.25, 0.3) is 0 Å². The van der Waals surface area contributed by atoms with E-state index >= 15 is 0 Å². The van der Waals surface area contributed by atoms with Crippen LogP contribution in [-0.2, 0) is 12.8 Å². The van der Waals surface area contributed by atoms with Crippen LogP contribution in [0.4, 0.5) is 0 Å². The Labute approximate surface area is 168 Å². The Kier molecular flexibility index (Phi) is 8.35. The Morgan fingerprint density at radius 1 is 0.850 bits per heavy atom. The summed E-state index contributed by atoms with van der Waals surface area (Å²) < 4.78 is 0. The van der Waals surface area contributed by atoms with Crippen LogP contribution < -0.4 is 59.1 Å². The molecule has 0 unspecified atom stereocenters. The van der Waals surface area contributed by atoms with E-state index in [1.807, 2.05) is 0 Å². The predicted molar refractivity (Wildman–Crippen MR) is 77.5 cm³/mol. The van der Waals surface area contributed by atoms with Crippen molar-refractivity contribution in [3.05, 3.63) is 77.2 Å². The summed E-state index contributed by atoms with van der Waals surface area (Å²) in [6.07, 6.45) is 17.2. The summed E-state index contributed by atoms with van der Waals surface area (Å²) in [4.78, 5) is 4.76. The summed E-state index contributed by atoms with van der Waals surface area (Å²) >= 11 is 0. The van der Waals surface area contributed by atoms with Crippen molar-refractivity contribution in [2.45, 2.75) is 25.7 Å². The Morgan fingerprint density at radius 3 is 1.75 bits per heavy atom. The van der Waals surface area contributed by atoms with Gasteiger partial charge in [-0.05, 0) is 25.0 Å². The van der Waals surface area contributed by atoms with E-state index in [1.54, 1.807) is 0 Å². The first-order valence-corrected chi connectivity index (χ1v) is 6.54. The van der Waals surface area contributed by atoms with E-state index < -0.39 is 0 Å². The molecule has 0 radical (unpaired) electrons. The first kappa shape index (κ1) is 18.2. The second-order valence-electron chi connectivity index (χ2n) is 4.89. The zero-order valence-electron chi connectivity index (χ0n) is 14.5. The van der Waals surface area contributed by atoms with Gasteiger partial charge in [0.1, 0.15) is 0 Å². The van der Waals surface area contributed by atoms with Gasteiger partial charge < -0.3 is 2.85 Å². The fraction of sp³-hybridized carbons (Fsp3) is 0.235. The van der Waals surface area contributed by atoms with Gasteiger partial charge in [-0.3, -0.25) is 4.98 Å². The third kappa shape index (κ3) is 5.14. The molecular formula is C17H19NNa2. The van der Waals surface area contributed by atoms with Crippen LogP contribution in [0.1, 0.15) is 27.1 Å². The minimum atomic E-state index is 0. The molecule has 0 aromatic carbocycles. The summed E-state index contributed by atoms with van der Waals surface area (Å²) in [5.74, 6) is 0.